The molecule has 1 aromatic carbocycles. The Morgan fingerprint density at radius 2 is 2.15 bits per heavy atom. The fourth-order valence-electron chi connectivity index (χ4n) is 1.65. The molecule has 1 aromatic rings. The van der Waals surface area contributed by atoms with Gasteiger partial charge in [-0.05, 0) is 18.2 Å². The van der Waals surface area contributed by atoms with Crippen LogP contribution in [0.5, 0.6) is 5.75 Å². The fraction of sp³-hybridized carbons (Fsp3) is 0.533. The number of aliphatic hydroxyl groups is 1. The van der Waals surface area contributed by atoms with E-state index < -0.39 is 11.9 Å². The summed E-state index contributed by atoms with van der Waals surface area (Å²) in [6.07, 6.45) is -0.413. The Morgan fingerprint density at radius 3 is 2.75 bits per heavy atom. The van der Waals surface area contributed by atoms with Crippen LogP contribution in [0.2, 0.25) is 0 Å². The van der Waals surface area contributed by atoms with Crippen molar-refractivity contribution in [2.75, 3.05) is 13.2 Å². The van der Waals surface area contributed by atoms with Crippen LogP contribution in [0.15, 0.2) is 18.2 Å². The normalized spacial score (nSPS) is 12.5. The van der Waals surface area contributed by atoms with E-state index in [4.69, 9.17) is 4.74 Å². The number of benzene rings is 1. The van der Waals surface area contributed by atoms with Crippen LogP contribution in [0.25, 0.3) is 0 Å². The van der Waals surface area contributed by atoms with Crippen molar-refractivity contribution in [3.63, 3.8) is 0 Å². The summed E-state index contributed by atoms with van der Waals surface area (Å²) < 4.78 is 18.6. The molecule has 0 aromatic heterocycles. The van der Waals surface area contributed by atoms with Gasteiger partial charge in [0.05, 0.1) is 5.56 Å². The first-order valence-corrected chi connectivity index (χ1v) is 6.81. The van der Waals surface area contributed by atoms with Crippen molar-refractivity contribution in [2.24, 2.45) is 0 Å². The minimum atomic E-state index is -0.688. The van der Waals surface area contributed by atoms with Crippen molar-refractivity contribution < 1.29 is 19.0 Å². The summed E-state index contributed by atoms with van der Waals surface area (Å²) in [4.78, 5) is 11.7. The molecule has 0 aliphatic heterocycles. The van der Waals surface area contributed by atoms with Crippen molar-refractivity contribution in [3.05, 3.63) is 29.6 Å². The first-order chi connectivity index (χ1) is 9.43. The van der Waals surface area contributed by atoms with Gasteiger partial charge in [0.25, 0.3) is 0 Å². The molecule has 0 amide bonds. The summed E-state index contributed by atoms with van der Waals surface area (Å²) in [5.74, 6) is -0.354. The number of ether oxygens (including phenoxy) is 1. The van der Waals surface area contributed by atoms with Crippen LogP contribution in [-0.2, 0) is 0 Å². The molecule has 2 N–H and O–H groups in total. The highest BCUT2D eigenvalue weighted by Gasteiger charge is 2.14. The molecular formula is C15H22FNO3. The van der Waals surface area contributed by atoms with Crippen molar-refractivity contribution >= 4 is 5.78 Å². The van der Waals surface area contributed by atoms with Gasteiger partial charge >= 0.3 is 0 Å². The second-order valence-corrected chi connectivity index (χ2v) is 4.94. The molecule has 5 heteroatoms. The van der Waals surface area contributed by atoms with Crippen molar-refractivity contribution in [3.8, 4) is 5.75 Å². The predicted octanol–water partition coefficient (Wildman–Crippen LogP) is 2.16. The van der Waals surface area contributed by atoms with Gasteiger partial charge in [0, 0.05) is 19.0 Å². The number of aliphatic hydroxyl groups excluding tert-OH is 1. The smallest absolute Gasteiger partial charge is 0.166 e. The first-order valence-electron chi connectivity index (χ1n) is 6.81. The number of hydrogen-bond acceptors (Lipinski definition) is 4. The SMILES string of the molecule is CCC(=O)c1cc(F)ccc1OCC(O)CNC(C)C. The van der Waals surface area contributed by atoms with Crippen LogP contribution >= 0.6 is 0 Å². The van der Waals surface area contributed by atoms with Crippen LogP contribution in [0, 0.1) is 5.82 Å². The lowest BCUT2D eigenvalue weighted by atomic mass is 10.1. The lowest BCUT2D eigenvalue weighted by Gasteiger charge is -2.16. The van der Waals surface area contributed by atoms with Crippen LogP contribution < -0.4 is 10.1 Å². The summed E-state index contributed by atoms with van der Waals surface area (Å²) in [5, 5.41) is 12.8. The van der Waals surface area contributed by atoms with E-state index >= 15 is 0 Å². The number of carbonyl (C=O) groups excluding carboxylic acids is 1. The predicted molar refractivity (Wildman–Crippen MR) is 75.7 cm³/mol. The average Bonchev–Trinajstić information content (AvgIpc) is 2.42. The Bertz CT molecular complexity index is 449. The van der Waals surface area contributed by atoms with Gasteiger partial charge in [0.2, 0.25) is 0 Å². The zero-order valence-corrected chi connectivity index (χ0v) is 12.1. The molecule has 1 unspecified atom stereocenters. The zero-order chi connectivity index (χ0) is 15.1. The van der Waals surface area contributed by atoms with E-state index in [1.165, 1.54) is 18.2 Å². The lowest BCUT2D eigenvalue weighted by molar-refractivity contribution is 0.0950. The second kappa shape index (κ2) is 7.97. The Morgan fingerprint density at radius 1 is 1.45 bits per heavy atom. The third-order valence-electron chi connectivity index (χ3n) is 2.76. The minimum absolute atomic E-state index is 0.0509. The molecule has 1 rings (SSSR count). The lowest BCUT2D eigenvalue weighted by Crippen LogP contribution is -2.35. The number of carbonyl (C=O) groups is 1. The van der Waals surface area contributed by atoms with Crippen LogP contribution in [0.3, 0.4) is 0 Å². The van der Waals surface area contributed by atoms with Gasteiger partial charge in [-0.1, -0.05) is 20.8 Å². The molecule has 0 spiro atoms. The monoisotopic (exact) mass is 283 g/mol. The number of nitrogens with one attached hydrogen (secondary N) is 1. The number of ketones is 1. The Labute approximate surface area is 119 Å². The van der Waals surface area contributed by atoms with Gasteiger partial charge in [0.15, 0.2) is 5.78 Å². The van der Waals surface area contributed by atoms with E-state index in [0.29, 0.717) is 12.3 Å². The molecule has 0 radical (unpaired) electrons. The maximum absolute atomic E-state index is 13.2. The third-order valence-corrected chi connectivity index (χ3v) is 2.76. The minimum Gasteiger partial charge on any atom is -0.490 e. The highest BCUT2D eigenvalue weighted by Crippen LogP contribution is 2.21. The summed E-state index contributed by atoms with van der Waals surface area (Å²) in [6, 6.07) is 4.09. The van der Waals surface area contributed by atoms with E-state index in [1.54, 1.807) is 6.92 Å². The van der Waals surface area contributed by atoms with E-state index in [2.05, 4.69) is 5.32 Å². The molecule has 0 saturated heterocycles. The van der Waals surface area contributed by atoms with E-state index in [-0.39, 0.29) is 30.4 Å². The topological polar surface area (TPSA) is 58.6 Å². The molecule has 112 valence electrons. The molecule has 1 atom stereocenters. The molecule has 0 saturated carbocycles. The molecule has 20 heavy (non-hydrogen) atoms. The van der Waals surface area contributed by atoms with Crippen molar-refractivity contribution in [2.45, 2.75) is 39.3 Å². The maximum atomic E-state index is 13.2. The maximum Gasteiger partial charge on any atom is 0.166 e. The molecule has 0 heterocycles. The highest BCUT2D eigenvalue weighted by molar-refractivity contribution is 5.98. The average molecular weight is 283 g/mol. The number of hydrogen-bond donors (Lipinski definition) is 2. The van der Waals surface area contributed by atoms with Crippen molar-refractivity contribution in [1.29, 1.82) is 0 Å². The summed E-state index contributed by atoms with van der Waals surface area (Å²) in [7, 11) is 0. The summed E-state index contributed by atoms with van der Waals surface area (Å²) in [6.45, 7) is 6.11. The quantitative estimate of drug-likeness (QED) is 0.718. The van der Waals surface area contributed by atoms with Gasteiger partial charge in [-0.15, -0.1) is 0 Å². The summed E-state index contributed by atoms with van der Waals surface area (Å²) in [5.41, 5.74) is 0.219. The Hall–Kier alpha value is -1.46. The molecular weight excluding hydrogens is 261 g/mol. The van der Waals surface area contributed by atoms with Crippen molar-refractivity contribution in [1.82, 2.24) is 5.32 Å². The molecule has 0 aliphatic carbocycles. The van der Waals surface area contributed by atoms with E-state index in [1.807, 2.05) is 13.8 Å². The second-order valence-electron chi connectivity index (χ2n) is 4.94. The zero-order valence-electron chi connectivity index (χ0n) is 12.1. The van der Waals surface area contributed by atoms with Gasteiger partial charge < -0.3 is 15.2 Å². The standard InChI is InChI=1S/C15H22FNO3/c1-4-14(19)13-7-11(16)5-6-15(13)20-9-12(18)8-17-10(2)3/h5-7,10,12,17-18H,4,8-9H2,1-3H3. The van der Waals surface area contributed by atoms with Gasteiger partial charge in [-0.3, -0.25) is 4.79 Å². The molecule has 0 aliphatic rings. The largest absolute Gasteiger partial charge is 0.490 e. The summed E-state index contributed by atoms with van der Waals surface area (Å²) >= 11 is 0. The number of Topliss-reactive ketones (excluding diaryl/α,β-unsaturated/α-hetero) is 1. The molecule has 4 nitrogen and oxygen atoms in total. The number of rotatable bonds is 8. The highest BCUT2D eigenvalue weighted by atomic mass is 19.1. The molecule has 0 fully saturated rings. The Balaban J connectivity index is 2.65. The van der Waals surface area contributed by atoms with E-state index in [0.717, 1.165) is 0 Å². The van der Waals surface area contributed by atoms with Gasteiger partial charge in [-0.25, -0.2) is 4.39 Å². The Kier molecular flexibility index (Phi) is 6.61. The number of halogens is 1. The van der Waals surface area contributed by atoms with Crippen LogP contribution in [0.4, 0.5) is 4.39 Å². The van der Waals surface area contributed by atoms with Crippen LogP contribution in [-0.4, -0.2) is 36.2 Å². The molecule has 0 bridgehead atoms. The fourth-order valence-corrected chi connectivity index (χ4v) is 1.65. The van der Waals surface area contributed by atoms with E-state index in [9.17, 15) is 14.3 Å². The third kappa shape index (κ3) is 5.27. The van der Waals surface area contributed by atoms with Gasteiger partial charge in [0.1, 0.15) is 24.3 Å². The first kappa shape index (κ1) is 16.6. The van der Waals surface area contributed by atoms with Crippen LogP contribution in [0.1, 0.15) is 37.6 Å². The van der Waals surface area contributed by atoms with Gasteiger partial charge in [-0.2, -0.15) is 0 Å².